The summed E-state index contributed by atoms with van der Waals surface area (Å²) in [4.78, 5) is 12.7. The summed E-state index contributed by atoms with van der Waals surface area (Å²) < 4.78 is 5.61. The van der Waals surface area contributed by atoms with Crippen LogP contribution in [0.2, 0.25) is 0 Å². The maximum absolute atomic E-state index is 12.3. The summed E-state index contributed by atoms with van der Waals surface area (Å²) in [6.45, 7) is 4.23. The van der Waals surface area contributed by atoms with Crippen LogP contribution in [0, 0.1) is 5.92 Å². The molecule has 1 saturated heterocycles. The van der Waals surface area contributed by atoms with Crippen molar-refractivity contribution in [1.82, 2.24) is 5.32 Å². The van der Waals surface area contributed by atoms with Gasteiger partial charge in [0.05, 0.1) is 16.6 Å². The number of ether oxygens (including phenoxy) is 1. The lowest BCUT2D eigenvalue weighted by Crippen LogP contribution is -2.60. The minimum absolute atomic E-state index is 0.0493. The van der Waals surface area contributed by atoms with Gasteiger partial charge in [-0.2, -0.15) is 0 Å². The van der Waals surface area contributed by atoms with E-state index in [4.69, 9.17) is 22.7 Å². The Labute approximate surface area is 120 Å². The molecule has 1 aliphatic carbocycles. The third-order valence-electron chi connectivity index (χ3n) is 4.49. The first kappa shape index (κ1) is 14.7. The van der Waals surface area contributed by atoms with Crippen molar-refractivity contribution in [1.29, 1.82) is 0 Å². The lowest BCUT2D eigenvalue weighted by Gasteiger charge is -2.39. The highest BCUT2D eigenvalue weighted by Crippen LogP contribution is 2.33. The highest BCUT2D eigenvalue weighted by molar-refractivity contribution is 7.80. The van der Waals surface area contributed by atoms with Crippen LogP contribution in [0.15, 0.2) is 0 Å². The number of hydrogen-bond donors (Lipinski definition) is 2. The molecule has 0 spiro atoms. The molecule has 19 heavy (non-hydrogen) atoms. The largest absolute Gasteiger partial charge is 0.391 e. The number of carbonyl (C=O) groups is 1. The van der Waals surface area contributed by atoms with Crippen LogP contribution in [-0.2, 0) is 9.53 Å². The summed E-state index contributed by atoms with van der Waals surface area (Å²) in [6, 6.07) is 0. The van der Waals surface area contributed by atoms with Gasteiger partial charge in [-0.3, -0.25) is 4.79 Å². The number of carbonyl (C=O) groups excluding carboxylic acids is 1. The first-order valence-electron chi connectivity index (χ1n) is 7.20. The Hall–Kier alpha value is -0.680. The Morgan fingerprint density at radius 1 is 1.26 bits per heavy atom. The van der Waals surface area contributed by atoms with Gasteiger partial charge in [-0.1, -0.05) is 19.1 Å². The monoisotopic (exact) mass is 284 g/mol. The van der Waals surface area contributed by atoms with E-state index in [0.29, 0.717) is 10.9 Å². The molecule has 1 heterocycles. The number of nitrogens with one attached hydrogen (secondary N) is 1. The summed E-state index contributed by atoms with van der Waals surface area (Å²) in [6.07, 6.45) is 5.36. The molecule has 5 heteroatoms. The van der Waals surface area contributed by atoms with Gasteiger partial charge in [0.1, 0.15) is 6.10 Å². The van der Waals surface area contributed by atoms with E-state index in [1.165, 1.54) is 0 Å². The summed E-state index contributed by atoms with van der Waals surface area (Å²) in [5, 5.41) is 3.08. The van der Waals surface area contributed by atoms with Gasteiger partial charge in [-0.25, -0.2) is 0 Å². The molecular formula is C14H24N2O2S. The Balaban J connectivity index is 2.01. The standard InChI is InChI=1S/C14H24N2O2S/c1-9-5-7-14(8-6-9,13(15)19)16-12(17)11-4-3-10(2)18-11/h9-11H,3-8H2,1-2H3,(H2,15,19)(H,16,17). The van der Waals surface area contributed by atoms with Crippen molar-refractivity contribution in [3.05, 3.63) is 0 Å². The minimum Gasteiger partial charge on any atom is -0.391 e. The van der Waals surface area contributed by atoms with Gasteiger partial charge >= 0.3 is 0 Å². The van der Waals surface area contributed by atoms with Gasteiger partial charge in [0.2, 0.25) is 5.91 Å². The Morgan fingerprint density at radius 3 is 2.37 bits per heavy atom. The van der Waals surface area contributed by atoms with Crippen LogP contribution in [-0.4, -0.2) is 28.6 Å². The van der Waals surface area contributed by atoms with Crippen LogP contribution in [0.25, 0.3) is 0 Å². The molecule has 0 radical (unpaired) electrons. The fraction of sp³-hybridized carbons (Fsp3) is 0.857. The van der Waals surface area contributed by atoms with Gasteiger partial charge < -0.3 is 15.8 Å². The summed E-state index contributed by atoms with van der Waals surface area (Å²) in [7, 11) is 0. The average molecular weight is 284 g/mol. The van der Waals surface area contributed by atoms with Crippen LogP contribution < -0.4 is 11.1 Å². The first-order valence-corrected chi connectivity index (χ1v) is 7.61. The Bertz CT molecular complexity index is 364. The molecule has 1 amide bonds. The van der Waals surface area contributed by atoms with Crippen molar-refractivity contribution in [2.24, 2.45) is 11.7 Å². The fourth-order valence-electron chi connectivity index (χ4n) is 3.00. The molecule has 2 unspecified atom stereocenters. The van der Waals surface area contributed by atoms with Crippen molar-refractivity contribution >= 4 is 23.1 Å². The molecule has 0 aromatic heterocycles. The predicted octanol–water partition coefficient (Wildman–Crippen LogP) is 1.91. The highest BCUT2D eigenvalue weighted by Gasteiger charge is 2.40. The van der Waals surface area contributed by atoms with Crippen LogP contribution in [0.3, 0.4) is 0 Å². The highest BCUT2D eigenvalue weighted by atomic mass is 32.1. The SMILES string of the molecule is CC1CCC(NC(=O)C2CCC(C)O2)(C(N)=S)CC1. The third-order valence-corrected chi connectivity index (χ3v) is 4.88. The van der Waals surface area contributed by atoms with E-state index in [9.17, 15) is 4.79 Å². The smallest absolute Gasteiger partial charge is 0.249 e. The van der Waals surface area contributed by atoms with Crippen molar-refractivity contribution in [3.63, 3.8) is 0 Å². The zero-order chi connectivity index (χ0) is 14.0. The number of rotatable bonds is 3. The normalized spacial score (nSPS) is 38.9. The van der Waals surface area contributed by atoms with Gasteiger partial charge in [0.15, 0.2) is 0 Å². The van der Waals surface area contributed by atoms with E-state index < -0.39 is 5.54 Å². The van der Waals surface area contributed by atoms with Crippen molar-refractivity contribution in [2.75, 3.05) is 0 Å². The van der Waals surface area contributed by atoms with E-state index in [-0.39, 0.29) is 18.1 Å². The molecule has 4 nitrogen and oxygen atoms in total. The fourth-order valence-corrected chi connectivity index (χ4v) is 3.25. The summed E-state index contributed by atoms with van der Waals surface area (Å²) >= 11 is 5.20. The van der Waals surface area contributed by atoms with Crippen LogP contribution >= 0.6 is 12.2 Å². The zero-order valence-corrected chi connectivity index (χ0v) is 12.6. The van der Waals surface area contributed by atoms with Crippen LogP contribution in [0.4, 0.5) is 0 Å². The molecule has 0 bridgehead atoms. The molecule has 0 aromatic carbocycles. The number of thiocarbonyl (C=S) groups is 1. The molecule has 2 aliphatic rings. The second-order valence-corrected chi connectivity index (χ2v) is 6.57. The van der Waals surface area contributed by atoms with Gasteiger partial charge in [-0.05, 0) is 51.4 Å². The van der Waals surface area contributed by atoms with Crippen molar-refractivity contribution < 1.29 is 9.53 Å². The Morgan fingerprint density at radius 2 is 1.89 bits per heavy atom. The van der Waals surface area contributed by atoms with Crippen molar-refractivity contribution in [2.45, 2.75) is 70.1 Å². The summed E-state index contributed by atoms with van der Waals surface area (Å²) in [5.74, 6) is 0.633. The van der Waals surface area contributed by atoms with E-state index >= 15 is 0 Å². The molecule has 2 atom stereocenters. The number of amides is 1. The molecule has 2 rings (SSSR count). The Kier molecular flexibility index (Phi) is 4.46. The molecule has 3 N–H and O–H groups in total. The molecule has 108 valence electrons. The first-order chi connectivity index (χ1) is 8.93. The van der Waals surface area contributed by atoms with Gasteiger partial charge in [0, 0.05) is 0 Å². The second kappa shape index (κ2) is 5.75. The molecule has 1 aliphatic heterocycles. The quantitative estimate of drug-likeness (QED) is 0.777. The van der Waals surface area contributed by atoms with E-state index in [2.05, 4.69) is 12.2 Å². The van der Waals surface area contributed by atoms with Crippen molar-refractivity contribution in [3.8, 4) is 0 Å². The van der Waals surface area contributed by atoms with Gasteiger partial charge in [-0.15, -0.1) is 0 Å². The van der Waals surface area contributed by atoms with Crippen LogP contribution in [0.5, 0.6) is 0 Å². The molecular weight excluding hydrogens is 260 g/mol. The maximum Gasteiger partial charge on any atom is 0.249 e. The topological polar surface area (TPSA) is 64.3 Å². The molecule has 0 aromatic rings. The molecule has 2 fully saturated rings. The summed E-state index contributed by atoms with van der Waals surface area (Å²) in [5.41, 5.74) is 5.41. The number of nitrogens with two attached hydrogens (primary N) is 1. The van der Waals surface area contributed by atoms with E-state index in [0.717, 1.165) is 38.5 Å². The van der Waals surface area contributed by atoms with E-state index in [1.807, 2.05) is 6.92 Å². The minimum atomic E-state index is -0.492. The maximum atomic E-state index is 12.3. The van der Waals surface area contributed by atoms with E-state index in [1.54, 1.807) is 0 Å². The zero-order valence-electron chi connectivity index (χ0n) is 11.8. The predicted molar refractivity (Wildman–Crippen MR) is 78.9 cm³/mol. The third kappa shape index (κ3) is 3.26. The average Bonchev–Trinajstić information content (AvgIpc) is 2.79. The lowest BCUT2D eigenvalue weighted by molar-refractivity contribution is -0.133. The lowest BCUT2D eigenvalue weighted by atomic mass is 9.77. The molecule has 1 saturated carbocycles. The number of hydrogen-bond acceptors (Lipinski definition) is 3. The second-order valence-electron chi connectivity index (χ2n) is 6.13. The van der Waals surface area contributed by atoms with Gasteiger partial charge in [0.25, 0.3) is 0 Å². The van der Waals surface area contributed by atoms with Crippen LogP contribution in [0.1, 0.15) is 52.4 Å².